The summed E-state index contributed by atoms with van der Waals surface area (Å²) in [6, 6.07) is 11.3. The van der Waals surface area contributed by atoms with Gasteiger partial charge in [0.2, 0.25) is 15.9 Å². The molecule has 3 aromatic rings. The first-order valence-electron chi connectivity index (χ1n) is 11.9. The van der Waals surface area contributed by atoms with Crippen molar-refractivity contribution in [2.75, 3.05) is 19.6 Å². The topological polar surface area (TPSA) is 153 Å². The van der Waals surface area contributed by atoms with Crippen LogP contribution in [0.2, 0.25) is 10.0 Å². The fourth-order valence-corrected chi connectivity index (χ4v) is 6.81. The first-order valence-corrected chi connectivity index (χ1v) is 14.1. The van der Waals surface area contributed by atoms with Crippen LogP contribution in [0.1, 0.15) is 24.1 Å². The number of aliphatic imine (C=N–C) groups is 1. The van der Waals surface area contributed by atoms with E-state index in [0.29, 0.717) is 29.7 Å². The lowest BCUT2D eigenvalue weighted by atomic mass is 10.2. The molecule has 2 aromatic carbocycles. The van der Waals surface area contributed by atoms with Crippen LogP contribution in [0.15, 0.2) is 52.4 Å². The number of pyridine rings is 1. The van der Waals surface area contributed by atoms with E-state index in [9.17, 15) is 13.2 Å². The number of para-hydroxylation sites is 1. The SMILES string of the molecule is Cc1ccc2cccc(OCc3c(Cl)ccc(S(=O)(=O)N4CCCC4C(=O)NCCN=C(N)N)c3Cl)c2n1. The van der Waals surface area contributed by atoms with Gasteiger partial charge in [-0.25, -0.2) is 13.4 Å². The van der Waals surface area contributed by atoms with Crippen molar-refractivity contribution in [3.05, 3.63) is 63.8 Å². The first-order chi connectivity index (χ1) is 18.1. The molecule has 2 heterocycles. The molecule has 13 heteroatoms. The summed E-state index contributed by atoms with van der Waals surface area (Å²) in [6.45, 7) is 2.34. The van der Waals surface area contributed by atoms with E-state index in [2.05, 4.69) is 15.3 Å². The zero-order valence-corrected chi connectivity index (χ0v) is 23.0. The smallest absolute Gasteiger partial charge is 0.245 e. The van der Waals surface area contributed by atoms with E-state index in [0.717, 1.165) is 11.1 Å². The van der Waals surface area contributed by atoms with E-state index < -0.39 is 22.0 Å². The van der Waals surface area contributed by atoms with Crippen LogP contribution in [0.4, 0.5) is 0 Å². The minimum absolute atomic E-state index is 0.0549. The van der Waals surface area contributed by atoms with Crippen LogP contribution < -0.4 is 21.5 Å². The van der Waals surface area contributed by atoms with Crippen molar-refractivity contribution in [2.24, 2.45) is 16.5 Å². The number of rotatable bonds is 9. The lowest BCUT2D eigenvalue weighted by Crippen LogP contribution is -2.46. The van der Waals surface area contributed by atoms with E-state index in [4.69, 9.17) is 39.4 Å². The summed E-state index contributed by atoms with van der Waals surface area (Å²) in [5.41, 5.74) is 12.4. The summed E-state index contributed by atoms with van der Waals surface area (Å²) in [5, 5.41) is 3.79. The summed E-state index contributed by atoms with van der Waals surface area (Å²) < 4.78 is 34.5. The Morgan fingerprint density at radius 2 is 2.00 bits per heavy atom. The molecule has 0 aliphatic carbocycles. The van der Waals surface area contributed by atoms with Gasteiger partial charge in [0, 0.05) is 34.8 Å². The summed E-state index contributed by atoms with van der Waals surface area (Å²) in [6.07, 6.45) is 0.905. The van der Waals surface area contributed by atoms with Crippen LogP contribution in [-0.2, 0) is 21.4 Å². The molecule has 0 saturated carbocycles. The van der Waals surface area contributed by atoms with Crippen molar-refractivity contribution in [3.63, 3.8) is 0 Å². The number of fused-ring (bicyclic) bond motifs is 1. The molecule has 0 bridgehead atoms. The van der Waals surface area contributed by atoms with Gasteiger partial charge in [0.1, 0.15) is 28.8 Å². The average Bonchev–Trinajstić information content (AvgIpc) is 3.37. The van der Waals surface area contributed by atoms with Gasteiger partial charge in [0.15, 0.2) is 5.96 Å². The van der Waals surface area contributed by atoms with Crippen molar-refractivity contribution in [3.8, 4) is 5.75 Å². The highest BCUT2D eigenvalue weighted by Crippen LogP contribution is 2.36. The molecule has 1 amide bonds. The van der Waals surface area contributed by atoms with E-state index in [-0.39, 0.29) is 47.1 Å². The highest BCUT2D eigenvalue weighted by Gasteiger charge is 2.40. The average molecular weight is 580 g/mol. The molecule has 1 unspecified atom stereocenters. The molecule has 10 nitrogen and oxygen atoms in total. The van der Waals surface area contributed by atoms with Gasteiger partial charge in [-0.15, -0.1) is 0 Å². The number of hydrogen-bond acceptors (Lipinski definition) is 6. The first kappa shape index (κ1) is 27.9. The van der Waals surface area contributed by atoms with Crippen LogP contribution in [0, 0.1) is 6.92 Å². The van der Waals surface area contributed by atoms with Crippen molar-refractivity contribution >= 4 is 56.0 Å². The molecular weight excluding hydrogens is 551 g/mol. The highest BCUT2D eigenvalue weighted by atomic mass is 35.5. The van der Waals surface area contributed by atoms with Gasteiger partial charge in [-0.3, -0.25) is 9.79 Å². The number of ether oxygens (including phenoxy) is 1. The molecule has 5 N–H and O–H groups in total. The monoisotopic (exact) mass is 578 g/mol. The van der Waals surface area contributed by atoms with Gasteiger partial charge in [-0.2, -0.15) is 4.31 Å². The number of nitrogens with two attached hydrogens (primary N) is 2. The normalized spacial score (nSPS) is 15.9. The number of nitrogens with one attached hydrogen (secondary N) is 1. The van der Waals surface area contributed by atoms with Gasteiger partial charge in [0.05, 0.1) is 11.6 Å². The number of halogens is 2. The van der Waals surface area contributed by atoms with Gasteiger partial charge in [-0.1, -0.05) is 41.4 Å². The molecule has 1 aliphatic heterocycles. The van der Waals surface area contributed by atoms with Gasteiger partial charge in [-0.05, 0) is 44.0 Å². The zero-order valence-electron chi connectivity index (χ0n) is 20.7. The minimum atomic E-state index is -4.12. The molecule has 202 valence electrons. The van der Waals surface area contributed by atoms with Crippen LogP contribution >= 0.6 is 23.2 Å². The number of carbonyl (C=O) groups is 1. The van der Waals surface area contributed by atoms with Gasteiger partial charge in [0.25, 0.3) is 0 Å². The molecule has 1 atom stereocenters. The number of guanidine groups is 1. The van der Waals surface area contributed by atoms with E-state index in [1.165, 1.54) is 16.4 Å². The Morgan fingerprint density at radius 3 is 2.76 bits per heavy atom. The number of nitrogens with zero attached hydrogens (tertiary/aromatic N) is 3. The fourth-order valence-electron chi connectivity index (χ4n) is 4.29. The Balaban J connectivity index is 1.56. The molecular formula is C25H28Cl2N6O4S. The second-order valence-electron chi connectivity index (χ2n) is 8.78. The molecule has 1 saturated heterocycles. The summed E-state index contributed by atoms with van der Waals surface area (Å²) in [4.78, 5) is 21.0. The molecule has 1 aliphatic rings. The maximum Gasteiger partial charge on any atom is 0.245 e. The predicted molar refractivity (Wildman–Crippen MR) is 148 cm³/mol. The quantitative estimate of drug-likeness (QED) is 0.200. The largest absolute Gasteiger partial charge is 0.487 e. The molecule has 0 radical (unpaired) electrons. The molecule has 0 spiro atoms. The number of aromatic nitrogens is 1. The third-order valence-corrected chi connectivity index (χ3v) is 8.99. The standard InChI is InChI=1S/C25H28Cl2N6O4S/c1-15-7-8-16-4-2-6-20(23(16)32-15)37-14-17-18(26)9-10-21(22(17)27)38(35,36)33-13-3-5-19(33)24(34)30-11-12-31-25(28)29/h2,4,6-10,19H,3,5,11-14H2,1H3,(H,30,34)(H4,28,29,31). The number of sulfonamides is 1. The Morgan fingerprint density at radius 1 is 1.21 bits per heavy atom. The third-order valence-electron chi connectivity index (χ3n) is 6.14. The second kappa shape index (κ2) is 11.7. The fraction of sp³-hybridized carbons (Fsp3) is 0.320. The Kier molecular flexibility index (Phi) is 8.61. The van der Waals surface area contributed by atoms with Crippen LogP contribution in [-0.4, -0.2) is 55.2 Å². The zero-order chi connectivity index (χ0) is 27.4. The maximum atomic E-state index is 13.7. The van der Waals surface area contributed by atoms with Crippen LogP contribution in [0.5, 0.6) is 5.75 Å². The minimum Gasteiger partial charge on any atom is -0.487 e. The van der Waals surface area contributed by atoms with E-state index in [1.54, 1.807) is 6.07 Å². The van der Waals surface area contributed by atoms with Crippen LogP contribution in [0.25, 0.3) is 10.9 Å². The van der Waals surface area contributed by atoms with Crippen molar-refractivity contribution < 1.29 is 17.9 Å². The molecule has 4 rings (SSSR count). The molecule has 1 fully saturated rings. The lowest BCUT2D eigenvalue weighted by Gasteiger charge is -2.24. The van der Waals surface area contributed by atoms with Crippen molar-refractivity contribution in [1.82, 2.24) is 14.6 Å². The third kappa shape index (κ3) is 5.96. The van der Waals surface area contributed by atoms with Crippen molar-refractivity contribution in [2.45, 2.75) is 37.3 Å². The van der Waals surface area contributed by atoms with Crippen LogP contribution in [0.3, 0.4) is 0 Å². The van der Waals surface area contributed by atoms with Gasteiger partial charge < -0.3 is 21.5 Å². The Bertz CT molecular complexity index is 1490. The molecule has 38 heavy (non-hydrogen) atoms. The number of amides is 1. The van der Waals surface area contributed by atoms with E-state index >= 15 is 0 Å². The summed E-state index contributed by atoms with van der Waals surface area (Å²) >= 11 is 13.0. The lowest BCUT2D eigenvalue weighted by molar-refractivity contribution is -0.124. The number of hydrogen-bond donors (Lipinski definition) is 3. The highest BCUT2D eigenvalue weighted by molar-refractivity contribution is 7.89. The molecule has 1 aromatic heterocycles. The number of benzene rings is 2. The van der Waals surface area contributed by atoms with Gasteiger partial charge >= 0.3 is 0 Å². The summed E-state index contributed by atoms with van der Waals surface area (Å²) in [5.74, 6) is 0.00108. The Labute approximate surface area is 231 Å². The Hall–Kier alpha value is -3.12. The predicted octanol–water partition coefficient (Wildman–Crippen LogP) is 2.97. The maximum absolute atomic E-state index is 13.7. The summed E-state index contributed by atoms with van der Waals surface area (Å²) in [7, 11) is -4.12. The number of carbonyl (C=O) groups excluding carboxylic acids is 1. The second-order valence-corrected chi connectivity index (χ2v) is 11.4. The van der Waals surface area contributed by atoms with E-state index in [1.807, 2.05) is 31.2 Å². The van der Waals surface area contributed by atoms with Crippen molar-refractivity contribution in [1.29, 1.82) is 0 Å². The number of aryl methyl sites for hydroxylation is 1.